The van der Waals surface area contributed by atoms with Gasteiger partial charge in [0.05, 0.1) is 23.8 Å². The molecule has 7 nitrogen and oxygen atoms in total. The number of fused-ring (bicyclic) bond motifs is 2. The van der Waals surface area contributed by atoms with Crippen LogP contribution >= 0.6 is 0 Å². The van der Waals surface area contributed by atoms with Gasteiger partial charge in [0.1, 0.15) is 23.9 Å². The fourth-order valence-corrected chi connectivity index (χ4v) is 3.44. The Morgan fingerprint density at radius 2 is 2.11 bits per heavy atom. The smallest absolute Gasteiger partial charge is 0.262 e. The van der Waals surface area contributed by atoms with Crippen molar-refractivity contribution >= 4 is 23.2 Å². The first-order valence-corrected chi connectivity index (χ1v) is 8.98. The molecule has 2 N–H and O–H groups in total. The van der Waals surface area contributed by atoms with E-state index >= 15 is 0 Å². The molecule has 0 aliphatic carbocycles. The van der Waals surface area contributed by atoms with E-state index in [1.54, 1.807) is 13.1 Å². The summed E-state index contributed by atoms with van der Waals surface area (Å²) in [5.41, 5.74) is 2.26. The van der Waals surface area contributed by atoms with Gasteiger partial charge in [0.15, 0.2) is 6.61 Å². The van der Waals surface area contributed by atoms with Crippen LogP contribution in [-0.4, -0.2) is 38.1 Å². The Morgan fingerprint density at radius 1 is 1.25 bits per heavy atom. The van der Waals surface area contributed by atoms with E-state index in [0.717, 1.165) is 11.3 Å². The Kier molecular flexibility index (Phi) is 4.77. The standard InChI is InChI=1S/C20H20FN3O4/c1-22-19(25)8-14-10-27-18-7-13(21)3-4-16(18)24(14)9-12-2-5-17-15(6-12)23-20(26)11-28-17/h2-7,14H,8-11H2,1H3,(H,22,25)(H,23,26). The summed E-state index contributed by atoms with van der Waals surface area (Å²) >= 11 is 0. The molecule has 0 saturated heterocycles. The fraction of sp³-hybridized carbons (Fsp3) is 0.300. The number of hydrogen-bond donors (Lipinski definition) is 2. The van der Waals surface area contributed by atoms with E-state index in [4.69, 9.17) is 9.47 Å². The highest BCUT2D eigenvalue weighted by Crippen LogP contribution is 2.37. The highest BCUT2D eigenvalue weighted by Gasteiger charge is 2.30. The van der Waals surface area contributed by atoms with Crippen LogP contribution in [0.25, 0.3) is 0 Å². The number of halogens is 1. The average Bonchev–Trinajstić information content (AvgIpc) is 2.69. The molecular formula is C20H20FN3O4. The molecule has 0 fully saturated rings. The molecule has 28 heavy (non-hydrogen) atoms. The van der Waals surface area contributed by atoms with E-state index < -0.39 is 0 Å². The maximum atomic E-state index is 13.6. The zero-order chi connectivity index (χ0) is 19.7. The summed E-state index contributed by atoms with van der Waals surface area (Å²) in [6.07, 6.45) is 0.248. The van der Waals surface area contributed by atoms with Crippen molar-refractivity contribution in [1.82, 2.24) is 5.32 Å². The highest BCUT2D eigenvalue weighted by molar-refractivity contribution is 5.95. The highest BCUT2D eigenvalue weighted by atomic mass is 19.1. The number of carbonyl (C=O) groups is 2. The predicted octanol–water partition coefficient (Wildman–Crippen LogP) is 2.06. The molecule has 1 atom stereocenters. The Hall–Kier alpha value is -3.29. The largest absolute Gasteiger partial charge is 0.489 e. The van der Waals surface area contributed by atoms with Crippen molar-refractivity contribution in [1.29, 1.82) is 0 Å². The lowest BCUT2D eigenvalue weighted by Gasteiger charge is -2.38. The Labute approximate surface area is 161 Å². The molecule has 2 aliphatic rings. The van der Waals surface area contributed by atoms with Gasteiger partial charge in [-0.25, -0.2) is 4.39 Å². The third-order valence-electron chi connectivity index (χ3n) is 4.83. The molecule has 2 aromatic carbocycles. The number of amides is 2. The maximum Gasteiger partial charge on any atom is 0.262 e. The first-order valence-electron chi connectivity index (χ1n) is 8.98. The van der Waals surface area contributed by atoms with Crippen LogP contribution in [-0.2, 0) is 16.1 Å². The summed E-state index contributed by atoms with van der Waals surface area (Å²) in [7, 11) is 1.59. The number of benzene rings is 2. The zero-order valence-corrected chi connectivity index (χ0v) is 15.3. The molecule has 2 aromatic rings. The number of anilines is 2. The summed E-state index contributed by atoms with van der Waals surface area (Å²) in [5, 5.41) is 5.43. The number of ether oxygens (including phenoxy) is 2. The topological polar surface area (TPSA) is 79.9 Å². The Balaban J connectivity index is 1.65. The lowest BCUT2D eigenvalue weighted by atomic mass is 10.1. The minimum absolute atomic E-state index is 0.00293. The molecule has 8 heteroatoms. The van der Waals surface area contributed by atoms with Crippen molar-refractivity contribution in [2.75, 3.05) is 30.5 Å². The Bertz CT molecular complexity index is 934. The van der Waals surface area contributed by atoms with Gasteiger partial charge in [0.2, 0.25) is 5.91 Å². The molecular weight excluding hydrogens is 365 g/mol. The van der Waals surface area contributed by atoms with Crippen LogP contribution in [0.4, 0.5) is 15.8 Å². The number of carbonyl (C=O) groups excluding carboxylic acids is 2. The van der Waals surface area contributed by atoms with Crippen molar-refractivity contribution in [3.05, 3.63) is 47.8 Å². The zero-order valence-electron chi connectivity index (χ0n) is 15.3. The van der Waals surface area contributed by atoms with E-state index in [2.05, 4.69) is 10.6 Å². The number of nitrogens with one attached hydrogen (secondary N) is 2. The van der Waals surface area contributed by atoms with Gasteiger partial charge in [-0.1, -0.05) is 6.07 Å². The van der Waals surface area contributed by atoms with Crippen LogP contribution in [0.15, 0.2) is 36.4 Å². The SMILES string of the molecule is CNC(=O)CC1COc2cc(F)ccc2N1Cc1ccc2c(c1)NC(=O)CO2. The van der Waals surface area contributed by atoms with Crippen molar-refractivity contribution < 1.29 is 23.5 Å². The summed E-state index contributed by atoms with van der Waals surface area (Å²) in [5.74, 6) is 0.388. The van der Waals surface area contributed by atoms with Crippen molar-refractivity contribution in [2.45, 2.75) is 19.0 Å². The second-order valence-corrected chi connectivity index (χ2v) is 6.75. The van der Waals surface area contributed by atoms with Crippen LogP contribution in [0.3, 0.4) is 0 Å². The quantitative estimate of drug-likeness (QED) is 0.842. The lowest BCUT2D eigenvalue weighted by Crippen LogP contribution is -2.45. The van der Waals surface area contributed by atoms with E-state index in [1.165, 1.54) is 12.1 Å². The lowest BCUT2D eigenvalue weighted by molar-refractivity contribution is -0.121. The van der Waals surface area contributed by atoms with E-state index in [-0.39, 0.29) is 43.3 Å². The van der Waals surface area contributed by atoms with E-state index in [0.29, 0.717) is 23.7 Å². The summed E-state index contributed by atoms with van der Waals surface area (Å²) in [4.78, 5) is 25.6. The predicted molar refractivity (Wildman–Crippen MR) is 101 cm³/mol. The number of hydrogen-bond acceptors (Lipinski definition) is 5. The van der Waals surface area contributed by atoms with Gasteiger partial charge >= 0.3 is 0 Å². The monoisotopic (exact) mass is 385 g/mol. The van der Waals surface area contributed by atoms with Crippen molar-refractivity contribution in [3.63, 3.8) is 0 Å². The second kappa shape index (κ2) is 7.38. The van der Waals surface area contributed by atoms with Gasteiger partial charge in [0.25, 0.3) is 5.91 Å². The molecule has 2 amide bonds. The first kappa shape index (κ1) is 18.1. The summed E-state index contributed by atoms with van der Waals surface area (Å²) in [6, 6.07) is 9.74. The number of rotatable bonds is 4. The minimum Gasteiger partial charge on any atom is -0.489 e. The van der Waals surface area contributed by atoms with Crippen LogP contribution in [0.5, 0.6) is 11.5 Å². The van der Waals surface area contributed by atoms with Crippen molar-refractivity contribution in [2.24, 2.45) is 0 Å². The van der Waals surface area contributed by atoms with Crippen molar-refractivity contribution in [3.8, 4) is 11.5 Å². The average molecular weight is 385 g/mol. The van der Waals surface area contributed by atoms with Crippen LogP contribution in [0.1, 0.15) is 12.0 Å². The minimum atomic E-state index is -0.378. The van der Waals surface area contributed by atoms with Crippen LogP contribution < -0.4 is 25.0 Å². The molecule has 0 radical (unpaired) electrons. The third-order valence-corrected chi connectivity index (χ3v) is 4.83. The van der Waals surface area contributed by atoms with Gasteiger partial charge in [-0.05, 0) is 29.8 Å². The molecule has 146 valence electrons. The normalized spacial score (nSPS) is 17.6. The summed E-state index contributed by atoms with van der Waals surface area (Å²) in [6.45, 7) is 0.740. The van der Waals surface area contributed by atoms with E-state index in [9.17, 15) is 14.0 Å². The Morgan fingerprint density at radius 3 is 2.93 bits per heavy atom. The van der Waals surface area contributed by atoms with Gasteiger partial charge in [-0.15, -0.1) is 0 Å². The molecule has 0 saturated carbocycles. The molecule has 2 heterocycles. The number of nitrogens with zero attached hydrogens (tertiary/aromatic N) is 1. The van der Waals surface area contributed by atoms with Gasteiger partial charge in [0, 0.05) is 19.7 Å². The molecule has 0 bridgehead atoms. The first-order chi connectivity index (χ1) is 13.5. The maximum absolute atomic E-state index is 13.6. The van der Waals surface area contributed by atoms with Crippen LogP contribution in [0, 0.1) is 5.82 Å². The van der Waals surface area contributed by atoms with E-state index in [1.807, 2.05) is 23.1 Å². The second-order valence-electron chi connectivity index (χ2n) is 6.75. The molecule has 0 aromatic heterocycles. The van der Waals surface area contributed by atoms with Gasteiger partial charge in [-0.3, -0.25) is 9.59 Å². The molecule has 2 aliphatic heterocycles. The fourth-order valence-electron chi connectivity index (χ4n) is 3.44. The van der Waals surface area contributed by atoms with Gasteiger partial charge < -0.3 is 25.0 Å². The van der Waals surface area contributed by atoms with Gasteiger partial charge in [-0.2, -0.15) is 0 Å². The summed E-state index contributed by atoms with van der Waals surface area (Å²) < 4.78 is 24.7. The molecule has 0 spiro atoms. The molecule has 4 rings (SSSR count). The van der Waals surface area contributed by atoms with Crippen LogP contribution in [0.2, 0.25) is 0 Å². The molecule has 1 unspecified atom stereocenters. The third kappa shape index (κ3) is 3.58.